The summed E-state index contributed by atoms with van der Waals surface area (Å²) in [6.07, 6.45) is 4.09. The highest BCUT2D eigenvalue weighted by Gasteiger charge is 2.33. The summed E-state index contributed by atoms with van der Waals surface area (Å²) in [5.41, 5.74) is 2.92. The van der Waals surface area contributed by atoms with Gasteiger partial charge in [0, 0.05) is 4.88 Å². The molecule has 0 spiro atoms. The zero-order chi connectivity index (χ0) is 18.4. The number of ether oxygens (including phenoxy) is 1. The van der Waals surface area contributed by atoms with Crippen LogP contribution in [0.1, 0.15) is 52.3 Å². The molecular weight excluding hydrogens is 463 g/mol. The average Bonchev–Trinajstić information content (AvgIpc) is 3.01. The maximum atomic E-state index is 12.8. The number of rotatable bonds is 3. The fourth-order valence-corrected chi connectivity index (χ4v) is 5.81. The molecule has 2 aliphatic rings. The maximum absolute atomic E-state index is 12.8. The highest BCUT2D eigenvalue weighted by atomic mass is 127. The summed E-state index contributed by atoms with van der Waals surface area (Å²) in [6, 6.07) is 3.63. The van der Waals surface area contributed by atoms with E-state index < -0.39 is 0 Å². The van der Waals surface area contributed by atoms with Crippen LogP contribution in [0, 0.1) is 9.49 Å². The third-order valence-electron chi connectivity index (χ3n) is 5.33. The van der Waals surface area contributed by atoms with Crippen molar-refractivity contribution in [3.8, 4) is 11.5 Å². The molecule has 1 amide bonds. The Morgan fingerprint density at radius 2 is 2.19 bits per heavy atom. The second-order valence-corrected chi connectivity index (χ2v) is 9.10. The zero-order valence-electron chi connectivity index (χ0n) is 14.7. The number of phenols is 1. The number of carbonyl (C=O) groups is 1. The lowest BCUT2D eigenvalue weighted by molar-refractivity contribution is 0.0935. The van der Waals surface area contributed by atoms with Crippen LogP contribution >= 0.6 is 33.9 Å². The van der Waals surface area contributed by atoms with Crippen LogP contribution < -0.4 is 15.4 Å². The Morgan fingerprint density at radius 3 is 2.92 bits per heavy atom. The van der Waals surface area contributed by atoms with E-state index in [4.69, 9.17) is 4.74 Å². The number of benzene rings is 1. The number of fused-ring (bicyclic) bond motifs is 3. The van der Waals surface area contributed by atoms with Gasteiger partial charge >= 0.3 is 0 Å². The smallest absolute Gasteiger partial charge is 0.256 e. The molecule has 2 atom stereocenters. The number of nitrogens with one attached hydrogen (secondary N) is 2. The second kappa shape index (κ2) is 6.92. The van der Waals surface area contributed by atoms with E-state index in [1.54, 1.807) is 17.4 Å². The summed E-state index contributed by atoms with van der Waals surface area (Å²) in [5.74, 6) is 1.24. The Balaban J connectivity index is 1.68. The molecule has 2 aromatic rings. The quantitative estimate of drug-likeness (QED) is 0.564. The summed E-state index contributed by atoms with van der Waals surface area (Å²) in [5, 5.41) is 17.6. The van der Waals surface area contributed by atoms with Crippen LogP contribution in [-0.2, 0) is 12.8 Å². The highest BCUT2D eigenvalue weighted by Crippen LogP contribution is 2.44. The zero-order valence-corrected chi connectivity index (χ0v) is 17.7. The van der Waals surface area contributed by atoms with E-state index in [-0.39, 0.29) is 17.8 Å². The second-order valence-electron chi connectivity index (χ2n) is 6.83. The Hall–Kier alpha value is -1.48. The van der Waals surface area contributed by atoms with Gasteiger partial charge in [-0.05, 0) is 71.0 Å². The van der Waals surface area contributed by atoms with Gasteiger partial charge < -0.3 is 20.5 Å². The molecule has 0 radical (unpaired) electrons. The molecule has 5 nitrogen and oxygen atoms in total. The number of amides is 1. The topological polar surface area (TPSA) is 70.6 Å². The van der Waals surface area contributed by atoms with E-state index in [9.17, 15) is 9.90 Å². The van der Waals surface area contributed by atoms with Crippen molar-refractivity contribution in [3.63, 3.8) is 0 Å². The van der Waals surface area contributed by atoms with Crippen LogP contribution in [0.2, 0.25) is 0 Å². The molecule has 2 heterocycles. The van der Waals surface area contributed by atoms with Gasteiger partial charge in [-0.25, -0.2) is 0 Å². The van der Waals surface area contributed by atoms with Gasteiger partial charge in [0.05, 0.1) is 16.2 Å². The predicted molar refractivity (Wildman–Crippen MR) is 111 cm³/mol. The van der Waals surface area contributed by atoms with Gasteiger partial charge in [-0.2, -0.15) is 0 Å². The van der Waals surface area contributed by atoms with Gasteiger partial charge in [-0.3, -0.25) is 4.79 Å². The minimum absolute atomic E-state index is 0.0155. The Kier molecular flexibility index (Phi) is 4.77. The van der Waals surface area contributed by atoms with Crippen LogP contribution in [0.15, 0.2) is 12.1 Å². The van der Waals surface area contributed by atoms with Crippen LogP contribution in [0.4, 0.5) is 5.00 Å². The van der Waals surface area contributed by atoms with Crippen LogP contribution in [-0.4, -0.2) is 18.1 Å². The molecule has 0 saturated heterocycles. The first-order valence-electron chi connectivity index (χ1n) is 8.80. The lowest BCUT2D eigenvalue weighted by atomic mass is 9.85. The molecule has 1 aliphatic carbocycles. The minimum Gasteiger partial charge on any atom is -0.504 e. The van der Waals surface area contributed by atoms with E-state index in [1.807, 2.05) is 6.07 Å². The van der Waals surface area contributed by atoms with Crippen LogP contribution in [0.25, 0.3) is 0 Å². The van der Waals surface area contributed by atoms with Gasteiger partial charge in [0.25, 0.3) is 5.91 Å². The molecule has 0 unspecified atom stereocenters. The normalized spacial score (nSPS) is 21.4. The summed E-state index contributed by atoms with van der Waals surface area (Å²) in [4.78, 5) is 14.2. The standard InChI is InChI=1S/C19H21IN2O3S/c1-3-9-4-5-11-14(6-9)26-19-15(11)18(24)21-17(22-19)10-7-12(20)16(23)13(8-10)25-2/h7-9,17,22-23H,3-6H2,1-2H3,(H,21,24)/t9-,17+/m1/s1. The number of aromatic hydroxyl groups is 1. The largest absolute Gasteiger partial charge is 0.504 e. The van der Waals surface area contributed by atoms with Crippen molar-refractivity contribution in [1.82, 2.24) is 5.32 Å². The van der Waals surface area contributed by atoms with Gasteiger partial charge in [0.2, 0.25) is 0 Å². The molecule has 138 valence electrons. The first-order chi connectivity index (χ1) is 12.5. The number of phenolic OH excluding ortho intramolecular Hbond substituents is 1. The minimum atomic E-state index is -0.333. The summed E-state index contributed by atoms with van der Waals surface area (Å²) in [6.45, 7) is 2.24. The fourth-order valence-electron chi connectivity index (χ4n) is 3.80. The number of methoxy groups -OCH3 is 1. The van der Waals surface area contributed by atoms with Crippen molar-refractivity contribution in [3.05, 3.63) is 37.3 Å². The van der Waals surface area contributed by atoms with Gasteiger partial charge in [-0.1, -0.05) is 13.3 Å². The summed E-state index contributed by atoms with van der Waals surface area (Å²) < 4.78 is 5.94. The molecular formula is C19H21IN2O3S. The number of halogens is 1. The molecule has 1 aromatic heterocycles. The first kappa shape index (κ1) is 17.9. The highest BCUT2D eigenvalue weighted by molar-refractivity contribution is 14.1. The Morgan fingerprint density at radius 1 is 1.38 bits per heavy atom. The van der Waals surface area contributed by atoms with Crippen LogP contribution in [0.5, 0.6) is 11.5 Å². The lowest BCUT2D eigenvalue weighted by Gasteiger charge is -2.27. The van der Waals surface area contributed by atoms with E-state index in [0.717, 1.165) is 41.3 Å². The molecule has 7 heteroatoms. The number of thiophene rings is 1. The molecule has 0 fully saturated rings. The molecule has 4 rings (SSSR count). The van der Waals surface area contributed by atoms with E-state index in [0.29, 0.717) is 9.32 Å². The van der Waals surface area contributed by atoms with E-state index in [2.05, 4.69) is 40.1 Å². The molecule has 0 bridgehead atoms. The number of carbonyl (C=O) groups excluding carboxylic acids is 1. The number of hydrogen-bond donors (Lipinski definition) is 3. The predicted octanol–water partition coefficient (Wildman–Crippen LogP) is 4.44. The lowest BCUT2D eigenvalue weighted by Crippen LogP contribution is -2.38. The van der Waals surface area contributed by atoms with Gasteiger partial charge in [0.15, 0.2) is 11.5 Å². The van der Waals surface area contributed by atoms with E-state index >= 15 is 0 Å². The van der Waals surface area contributed by atoms with Crippen molar-refractivity contribution in [2.75, 3.05) is 12.4 Å². The third kappa shape index (κ3) is 2.94. The van der Waals surface area contributed by atoms with Crippen molar-refractivity contribution in [1.29, 1.82) is 0 Å². The van der Waals surface area contributed by atoms with Crippen molar-refractivity contribution in [2.24, 2.45) is 5.92 Å². The maximum Gasteiger partial charge on any atom is 0.256 e. The SMILES string of the molecule is CC[C@@H]1CCc2c(sc3c2C(=O)N[C@H](c2cc(I)c(O)c(OC)c2)N3)C1. The van der Waals surface area contributed by atoms with E-state index in [1.165, 1.54) is 24.0 Å². The molecule has 1 aliphatic heterocycles. The van der Waals surface area contributed by atoms with Gasteiger partial charge in [0.1, 0.15) is 11.2 Å². The molecule has 0 saturated carbocycles. The Bertz CT molecular complexity index is 880. The van der Waals surface area contributed by atoms with Crippen molar-refractivity contribution < 1.29 is 14.6 Å². The molecule has 1 aromatic carbocycles. The monoisotopic (exact) mass is 484 g/mol. The Labute approximate surface area is 170 Å². The fraction of sp³-hybridized carbons (Fsp3) is 0.421. The number of hydrogen-bond acceptors (Lipinski definition) is 5. The summed E-state index contributed by atoms with van der Waals surface area (Å²) in [7, 11) is 1.53. The number of anilines is 1. The molecule has 26 heavy (non-hydrogen) atoms. The molecule has 3 N–H and O–H groups in total. The van der Waals surface area contributed by atoms with Crippen molar-refractivity contribution in [2.45, 2.75) is 38.8 Å². The summed E-state index contributed by atoms with van der Waals surface area (Å²) >= 11 is 3.79. The van der Waals surface area contributed by atoms with Crippen LogP contribution in [0.3, 0.4) is 0 Å². The first-order valence-corrected chi connectivity index (χ1v) is 10.7. The van der Waals surface area contributed by atoms with Crippen molar-refractivity contribution >= 4 is 44.8 Å². The average molecular weight is 484 g/mol. The third-order valence-corrected chi connectivity index (χ3v) is 7.33. The van der Waals surface area contributed by atoms with Gasteiger partial charge in [-0.15, -0.1) is 11.3 Å².